The molecule has 1 saturated carbocycles. The molecule has 0 atom stereocenters. The highest BCUT2D eigenvalue weighted by molar-refractivity contribution is 6.02. The van der Waals surface area contributed by atoms with E-state index >= 15 is 0 Å². The Kier molecular flexibility index (Phi) is 10.0. The van der Waals surface area contributed by atoms with Crippen molar-refractivity contribution in [2.75, 3.05) is 75.1 Å². The number of anilines is 4. The van der Waals surface area contributed by atoms with Crippen molar-refractivity contribution in [1.29, 1.82) is 0 Å². The van der Waals surface area contributed by atoms with Crippen LogP contribution in [0.5, 0.6) is 5.75 Å². The van der Waals surface area contributed by atoms with Crippen LogP contribution in [0.4, 0.5) is 36.7 Å². The Bertz CT molecular complexity index is 1470. The summed E-state index contributed by atoms with van der Waals surface area (Å²) in [5, 5.41) is 6.02. The molecule has 0 bridgehead atoms. The molecule has 1 aromatic heterocycles. The van der Waals surface area contributed by atoms with Gasteiger partial charge < -0.3 is 34.8 Å². The number of amides is 3. The van der Waals surface area contributed by atoms with Crippen LogP contribution in [0.15, 0.2) is 24.4 Å². The van der Waals surface area contributed by atoms with E-state index in [2.05, 4.69) is 25.5 Å². The fraction of sp³-hybridized carbons (Fsp3) is 0.594. The lowest BCUT2D eigenvalue weighted by Crippen LogP contribution is -2.51. The summed E-state index contributed by atoms with van der Waals surface area (Å²) >= 11 is 0. The topological polar surface area (TPSA) is 132 Å². The van der Waals surface area contributed by atoms with Crippen LogP contribution in [-0.4, -0.2) is 115 Å². The van der Waals surface area contributed by atoms with E-state index < -0.39 is 24.0 Å². The number of alkyl halides is 2. The number of piperazine rings is 1. The number of aromatic nitrogens is 2. The van der Waals surface area contributed by atoms with Crippen LogP contribution in [0.2, 0.25) is 0 Å². The van der Waals surface area contributed by atoms with E-state index in [1.807, 2.05) is 20.8 Å². The van der Waals surface area contributed by atoms with Crippen molar-refractivity contribution in [3.63, 3.8) is 0 Å². The molecule has 2 aromatic rings. The third-order valence-corrected chi connectivity index (χ3v) is 8.58. The molecule has 2 N–H and O–H groups in total. The van der Waals surface area contributed by atoms with Crippen LogP contribution < -0.4 is 25.2 Å². The highest BCUT2D eigenvalue weighted by Gasteiger charge is 2.48. The summed E-state index contributed by atoms with van der Waals surface area (Å²) in [5.41, 5.74) is 0.541. The first-order chi connectivity index (χ1) is 22.3. The number of rotatable bonds is 8. The van der Waals surface area contributed by atoms with Gasteiger partial charge in [-0.25, -0.2) is 9.78 Å². The molecule has 47 heavy (non-hydrogen) atoms. The van der Waals surface area contributed by atoms with Gasteiger partial charge in [0.15, 0.2) is 5.82 Å². The standard InChI is InChI=1S/C32H44F2N8O5/c1-31(2,3)47-30(45)41-16-14-40(15-17-41)13-12-35-27(43)21-10-11-23(25(18-21)46-5)37-29-36-19-24-26(38-29)42(22-8-6-7-9-22)20-32(33,34)28(44)39(24)4/h10-11,18-19,22H,6-9,12-17,20H2,1-5H3,(H,35,43)(H,36,37,38). The second-order valence-electron chi connectivity index (χ2n) is 13.1. The van der Waals surface area contributed by atoms with E-state index in [1.54, 1.807) is 28.0 Å². The summed E-state index contributed by atoms with van der Waals surface area (Å²) in [6, 6.07) is 4.74. The smallest absolute Gasteiger partial charge is 0.410 e. The fourth-order valence-corrected chi connectivity index (χ4v) is 6.07. The van der Waals surface area contributed by atoms with Gasteiger partial charge in [0.2, 0.25) is 5.95 Å². The molecular formula is C32H44F2N8O5. The average Bonchev–Trinajstić information content (AvgIpc) is 3.55. The van der Waals surface area contributed by atoms with Gasteiger partial charge in [0.1, 0.15) is 17.0 Å². The minimum Gasteiger partial charge on any atom is -0.495 e. The van der Waals surface area contributed by atoms with Gasteiger partial charge >= 0.3 is 12.0 Å². The van der Waals surface area contributed by atoms with Crippen LogP contribution in [0, 0.1) is 0 Å². The zero-order valence-electron chi connectivity index (χ0n) is 27.6. The zero-order valence-corrected chi connectivity index (χ0v) is 27.6. The van der Waals surface area contributed by atoms with Crippen molar-refractivity contribution < 1.29 is 32.6 Å². The van der Waals surface area contributed by atoms with Gasteiger partial charge in [-0.1, -0.05) is 12.8 Å². The second-order valence-corrected chi connectivity index (χ2v) is 13.1. The SMILES string of the molecule is COc1cc(C(=O)NCCN2CCN(C(=O)OC(C)(C)C)CC2)ccc1Nc1ncc2c(n1)N(C1CCCC1)CC(F)(F)C(=O)N2C. The average molecular weight is 659 g/mol. The molecule has 1 aliphatic carbocycles. The van der Waals surface area contributed by atoms with E-state index in [4.69, 9.17) is 9.47 Å². The maximum absolute atomic E-state index is 14.9. The van der Waals surface area contributed by atoms with Gasteiger partial charge in [-0.15, -0.1) is 0 Å². The quantitative estimate of drug-likeness (QED) is 0.431. The van der Waals surface area contributed by atoms with E-state index in [0.29, 0.717) is 56.3 Å². The lowest BCUT2D eigenvalue weighted by Gasteiger charge is -2.35. The Morgan fingerprint density at radius 2 is 1.81 bits per heavy atom. The fourth-order valence-electron chi connectivity index (χ4n) is 6.07. The van der Waals surface area contributed by atoms with Crippen LogP contribution in [0.3, 0.4) is 0 Å². The molecule has 3 amide bonds. The third kappa shape index (κ3) is 8.00. The Morgan fingerprint density at radius 1 is 1.11 bits per heavy atom. The van der Waals surface area contributed by atoms with Crippen molar-refractivity contribution in [3.8, 4) is 5.75 Å². The van der Waals surface area contributed by atoms with Gasteiger partial charge in [-0.2, -0.15) is 13.8 Å². The summed E-state index contributed by atoms with van der Waals surface area (Å²) in [6.45, 7) is 8.31. The lowest BCUT2D eigenvalue weighted by molar-refractivity contribution is -0.140. The van der Waals surface area contributed by atoms with Crippen LogP contribution in [-0.2, 0) is 9.53 Å². The van der Waals surface area contributed by atoms with Gasteiger partial charge in [-0.05, 0) is 51.8 Å². The normalized spacial score (nSPS) is 18.9. The molecule has 256 valence electrons. The number of ether oxygens (including phenoxy) is 2. The van der Waals surface area contributed by atoms with Gasteiger partial charge in [0, 0.05) is 57.9 Å². The first kappa shape index (κ1) is 34.1. The molecule has 1 aromatic carbocycles. The number of methoxy groups -OCH3 is 1. The number of carbonyl (C=O) groups excluding carboxylic acids is 3. The highest BCUT2D eigenvalue weighted by Crippen LogP contribution is 2.40. The maximum atomic E-state index is 14.9. The Hall–Kier alpha value is -4.27. The number of benzene rings is 1. The number of hydrogen-bond donors (Lipinski definition) is 2. The second kappa shape index (κ2) is 13.8. The number of carbonyl (C=O) groups is 3. The minimum atomic E-state index is -3.57. The molecular weight excluding hydrogens is 614 g/mol. The molecule has 15 heteroatoms. The summed E-state index contributed by atoms with van der Waals surface area (Å²) in [7, 11) is 2.78. The number of nitrogens with zero attached hydrogens (tertiary/aromatic N) is 6. The minimum absolute atomic E-state index is 0.139. The summed E-state index contributed by atoms with van der Waals surface area (Å²) in [4.78, 5) is 53.1. The largest absolute Gasteiger partial charge is 0.495 e. The van der Waals surface area contributed by atoms with Crippen LogP contribution >= 0.6 is 0 Å². The van der Waals surface area contributed by atoms with Crippen LogP contribution in [0.25, 0.3) is 0 Å². The van der Waals surface area contributed by atoms with Crippen molar-refractivity contribution >= 4 is 41.0 Å². The number of fused-ring (bicyclic) bond motifs is 1. The Balaban J connectivity index is 1.21. The van der Waals surface area contributed by atoms with Crippen LogP contribution in [0.1, 0.15) is 56.8 Å². The maximum Gasteiger partial charge on any atom is 0.410 e. The predicted octanol–water partition coefficient (Wildman–Crippen LogP) is 3.87. The molecule has 3 heterocycles. The van der Waals surface area contributed by atoms with E-state index in [-0.39, 0.29) is 35.5 Å². The Morgan fingerprint density at radius 3 is 2.47 bits per heavy atom. The monoisotopic (exact) mass is 658 g/mol. The first-order valence-electron chi connectivity index (χ1n) is 16.0. The molecule has 5 rings (SSSR count). The molecule has 2 fully saturated rings. The third-order valence-electron chi connectivity index (χ3n) is 8.58. The van der Waals surface area contributed by atoms with Gasteiger partial charge in [0.05, 0.1) is 25.5 Å². The number of hydrogen-bond acceptors (Lipinski definition) is 10. The summed E-state index contributed by atoms with van der Waals surface area (Å²) in [5.74, 6) is -4.36. The Labute approximate surface area is 273 Å². The predicted molar refractivity (Wildman–Crippen MR) is 173 cm³/mol. The molecule has 2 aliphatic heterocycles. The number of nitrogens with one attached hydrogen (secondary N) is 2. The molecule has 13 nitrogen and oxygen atoms in total. The van der Waals surface area contributed by atoms with Gasteiger partial charge in [-0.3, -0.25) is 14.5 Å². The summed E-state index contributed by atoms with van der Waals surface area (Å²) in [6.07, 6.45) is 4.38. The summed E-state index contributed by atoms with van der Waals surface area (Å²) < 4.78 is 40.8. The lowest BCUT2D eigenvalue weighted by atomic mass is 10.1. The van der Waals surface area contributed by atoms with Crippen molar-refractivity contribution in [1.82, 2.24) is 25.1 Å². The molecule has 0 spiro atoms. The molecule has 1 saturated heterocycles. The van der Waals surface area contributed by atoms with Crippen molar-refractivity contribution in [3.05, 3.63) is 30.0 Å². The molecule has 0 unspecified atom stereocenters. The van der Waals surface area contributed by atoms with E-state index in [0.717, 1.165) is 30.6 Å². The van der Waals surface area contributed by atoms with E-state index in [9.17, 15) is 23.2 Å². The molecule has 3 aliphatic rings. The van der Waals surface area contributed by atoms with Crippen molar-refractivity contribution in [2.45, 2.75) is 64.0 Å². The first-order valence-corrected chi connectivity index (χ1v) is 16.0. The zero-order chi connectivity index (χ0) is 33.9. The van der Waals surface area contributed by atoms with Gasteiger partial charge in [0.25, 0.3) is 11.8 Å². The highest BCUT2D eigenvalue weighted by atomic mass is 19.3. The molecule has 0 radical (unpaired) electrons. The van der Waals surface area contributed by atoms with E-state index in [1.165, 1.54) is 20.4 Å². The van der Waals surface area contributed by atoms with Crippen molar-refractivity contribution in [2.24, 2.45) is 0 Å². The number of halogens is 2.